The summed E-state index contributed by atoms with van der Waals surface area (Å²) < 4.78 is 12.6. The number of benzene rings is 3. The molecule has 0 spiro atoms. The minimum Gasteiger partial charge on any atom is -0.454 e. The van der Waals surface area contributed by atoms with Crippen molar-refractivity contribution < 1.29 is 14.4 Å². The maximum Gasteiger partial charge on any atom is 0.270 e. The number of rotatable bonds is 6. The summed E-state index contributed by atoms with van der Waals surface area (Å²) in [5.41, 5.74) is 4.13. The van der Waals surface area contributed by atoms with Crippen LogP contribution in [0.25, 0.3) is 11.3 Å². The van der Waals surface area contributed by atoms with Crippen molar-refractivity contribution in [3.05, 3.63) is 104 Å². The third kappa shape index (κ3) is 4.46. The molecule has 34 heavy (non-hydrogen) atoms. The highest BCUT2D eigenvalue weighted by Gasteiger charge is 2.16. The van der Waals surface area contributed by atoms with Crippen LogP contribution in [0.3, 0.4) is 0 Å². The molecule has 1 aliphatic rings. The van der Waals surface area contributed by atoms with Crippen molar-refractivity contribution >= 4 is 22.7 Å². The first-order chi connectivity index (χ1) is 16.6. The molecule has 0 N–H and O–H groups in total. The van der Waals surface area contributed by atoms with Crippen LogP contribution < -0.4 is 14.3 Å². The second kappa shape index (κ2) is 9.32. The molecule has 3 aromatic carbocycles. The lowest BCUT2D eigenvalue weighted by Gasteiger charge is -2.07. The molecule has 1 aromatic heterocycles. The Morgan fingerprint density at radius 1 is 1.06 bits per heavy atom. The third-order valence-electron chi connectivity index (χ3n) is 5.32. The van der Waals surface area contributed by atoms with Crippen molar-refractivity contribution in [2.45, 2.75) is 13.5 Å². The maximum atomic E-state index is 11.3. The number of hydrogen-bond acceptors (Lipinski definition) is 7. The van der Waals surface area contributed by atoms with Crippen LogP contribution >= 0.6 is 11.3 Å². The molecule has 5 rings (SSSR count). The van der Waals surface area contributed by atoms with Gasteiger partial charge in [-0.05, 0) is 30.7 Å². The minimum atomic E-state index is -0.401. The summed E-state index contributed by atoms with van der Waals surface area (Å²) >= 11 is 1.44. The first kappa shape index (κ1) is 21.6. The Bertz CT molecular complexity index is 1460. The van der Waals surface area contributed by atoms with E-state index < -0.39 is 4.92 Å². The Hall–Kier alpha value is -4.24. The van der Waals surface area contributed by atoms with Gasteiger partial charge in [-0.2, -0.15) is 5.10 Å². The van der Waals surface area contributed by atoms with Crippen LogP contribution in [0.2, 0.25) is 0 Å². The minimum absolute atomic E-state index is 0.0227. The quantitative estimate of drug-likeness (QED) is 0.218. The van der Waals surface area contributed by atoms with E-state index in [0.717, 1.165) is 22.5 Å². The molecule has 170 valence electrons. The van der Waals surface area contributed by atoms with Gasteiger partial charge in [0.15, 0.2) is 11.5 Å². The highest BCUT2D eigenvalue weighted by Crippen LogP contribution is 2.33. The van der Waals surface area contributed by atoms with E-state index in [1.807, 2.05) is 66.9 Å². The van der Waals surface area contributed by atoms with Gasteiger partial charge < -0.3 is 9.47 Å². The molecular weight excluding hydrogens is 452 g/mol. The van der Waals surface area contributed by atoms with Crippen LogP contribution in [0.5, 0.6) is 11.5 Å². The molecule has 0 saturated carbocycles. The predicted molar refractivity (Wildman–Crippen MR) is 130 cm³/mol. The maximum absolute atomic E-state index is 11.3. The first-order valence-corrected chi connectivity index (χ1v) is 11.4. The van der Waals surface area contributed by atoms with Gasteiger partial charge in [0.25, 0.3) is 5.69 Å². The molecule has 0 fully saturated rings. The number of thiazole rings is 1. The Morgan fingerprint density at radius 3 is 2.71 bits per heavy atom. The average molecular weight is 473 g/mol. The van der Waals surface area contributed by atoms with Crippen molar-refractivity contribution in [1.82, 2.24) is 4.68 Å². The summed E-state index contributed by atoms with van der Waals surface area (Å²) in [6.45, 7) is 2.60. The van der Waals surface area contributed by atoms with Gasteiger partial charge in [-0.1, -0.05) is 42.5 Å². The van der Waals surface area contributed by atoms with Gasteiger partial charge in [-0.15, -0.1) is 11.3 Å². The van der Waals surface area contributed by atoms with E-state index >= 15 is 0 Å². The summed E-state index contributed by atoms with van der Waals surface area (Å²) in [6, 6.07) is 22.2. The summed E-state index contributed by atoms with van der Waals surface area (Å²) in [5.74, 6) is 1.38. The Kier molecular flexibility index (Phi) is 5.92. The number of nitro groups is 1. The van der Waals surface area contributed by atoms with E-state index in [1.165, 1.54) is 17.4 Å². The number of nitrogens with zero attached hydrogens (tertiary/aromatic N) is 4. The van der Waals surface area contributed by atoms with Gasteiger partial charge in [-0.3, -0.25) is 15.1 Å². The molecule has 0 saturated heterocycles. The molecule has 0 unspecified atom stereocenters. The van der Waals surface area contributed by atoms with E-state index in [4.69, 9.17) is 19.6 Å². The summed E-state index contributed by atoms with van der Waals surface area (Å²) in [7, 11) is 0. The SMILES string of the molecule is CC(=Nn1c(-c2cccc([N+](=O)[O-])c2)csc1=NCc1ccccc1)c1ccc2c(c1)OCO2. The third-order valence-corrected chi connectivity index (χ3v) is 6.17. The monoisotopic (exact) mass is 472 g/mol. The van der Waals surface area contributed by atoms with E-state index in [9.17, 15) is 10.1 Å². The summed E-state index contributed by atoms with van der Waals surface area (Å²) in [5, 5.41) is 18.1. The van der Waals surface area contributed by atoms with Crippen molar-refractivity contribution in [1.29, 1.82) is 0 Å². The highest BCUT2D eigenvalue weighted by atomic mass is 32.1. The van der Waals surface area contributed by atoms with Crippen LogP contribution in [0, 0.1) is 10.1 Å². The molecule has 0 atom stereocenters. The first-order valence-electron chi connectivity index (χ1n) is 10.5. The van der Waals surface area contributed by atoms with Crippen molar-refractivity contribution in [3.63, 3.8) is 0 Å². The second-order valence-electron chi connectivity index (χ2n) is 7.58. The lowest BCUT2D eigenvalue weighted by molar-refractivity contribution is -0.384. The Balaban J connectivity index is 1.60. The van der Waals surface area contributed by atoms with Gasteiger partial charge in [0.2, 0.25) is 11.6 Å². The molecule has 4 aromatic rings. The van der Waals surface area contributed by atoms with Crippen LogP contribution in [0.15, 0.2) is 88.3 Å². The molecule has 1 aliphatic heterocycles. The fourth-order valence-electron chi connectivity index (χ4n) is 3.55. The van der Waals surface area contributed by atoms with Gasteiger partial charge in [-0.25, -0.2) is 4.68 Å². The Morgan fingerprint density at radius 2 is 1.88 bits per heavy atom. The smallest absolute Gasteiger partial charge is 0.270 e. The molecule has 9 heteroatoms. The van der Waals surface area contributed by atoms with Crippen molar-refractivity contribution in [3.8, 4) is 22.8 Å². The van der Waals surface area contributed by atoms with Crippen LogP contribution in [-0.4, -0.2) is 22.1 Å². The summed E-state index contributed by atoms with van der Waals surface area (Å²) in [4.78, 5) is 16.4. The molecule has 0 aliphatic carbocycles. The number of non-ortho nitro benzene ring substituents is 1. The van der Waals surface area contributed by atoms with Crippen LogP contribution in [-0.2, 0) is 6.54 Å². The number of fused-ring (bicyclic) bond motifs is 1. The van der Waals surface area contributed by atoms with Crippen LogP contribution in [0.1, 0.15) is 18.1 Å². The van der Waals surface area contributed by atoms with Crippen molar-refractivity contribution in [2.75, 3.05) is 6.79 Å². The normalized spacial score (nSPS) is 13.3. The lowest BCUT2D eigenvalue weighted by atomic mass is 10.1. The fraction of sp³-hybridized carbons (Fsp3) is 0.120. The number of nitro benzene ring substituents is 1. The number of hydrogen-bond donors (Lipinski definition) is 0. The van der Waals surface area contributed by atoms with Gasteiger partial charge in [0.05, 0.1) is 22.9 Å². The number of aromatic nitrogens is 1. The zero-order chi connectivity index (χ0) is 23.5. The Labute approximate surface area is 199 Å². The lowest BCUT2D eigenvalue weighted by Crippen LogP contribution is -2.14. The molecule has 8 nitrogen and oxygen atoms in total. The molecule has 0 bridgehead atoms. The van der Waals surface area contributed by atoms with Crippen molar-refractivity contribution in [2.24, 2.45) is 10.1 Å². The standard InChI is InChI=1S/C25H20N4O4S/c1-17(19-10-11-23-24(13-19)33-16-32-23)27-28-22(20-8-5-9-21(12-20)29(30)31)15-34-25(28)26-14-18-6-3-2-4-7-18/h2-13,15H,14,16H2,1H3. The van der Waals surface area contributed by atoms with E-state index in [0.29, 0.717) is 28.4 Å². The average Bonchev–Trinajstić information content (AvgIpc) is 3.50. The summed E-state index contributed by atoms with van der Waals surface area (Å²) in [6.07, 6.45) is 0. The van der Waals surface area contributed by atoms with Crippen LogP contribution in [0.4, 0.5) is 5.69 Å². The molecule has 0 amide bonds. The van der Waals surface area contributed by atoms with Gasteiger partial charge in [0, 0.05) is 28.6 Å². The molecule has 0 radical (unpaired) electrons. The van der Waals surface area contributed by atoms with E-state index in [2.05, 4.69) is 0 Å². The number of ether oxygens (including phenoxy) is 2. The zero-order valence-electron chi connectivity index (χ0n) is 18.2. The van der Waals surface area contributed by atoms with E-state index in [1.54, 1.807) is 16.8 Å². The highest BCUT2D eigenvalue weighted by molar-refractivity contribution is 7.07. The van der Waals surface area contributed by atoms with E-state index in [-0.39, 0.29) is 12.5 Å². The topological polar surface area (TPSA) is 91.2 Å². The molecular formula is C25H20N4O4S. The molecule has 2 heterocycles. The second-order valence-corrected chi connectivity index (χ2v) is 8.41. The zero-order valence-corrected chi connectivity index (χ0v) is 19.1. The predicted octanol–water partition coefficient (Wildman–Crippen LogP) is 5.23. The fourth-order valence-corrected chi connectivity index (χ4v) is 4.38. The van der Waals surface area contributed by atoms with Gasteiger partial charge in [0.1, 0.15) is 0 Å². The largest absolute Gasteiger partial charge is 0.454 e. The van der Waals surface area contributed by atoms with Gasteiger partial charge >= 0.3 is 0 Å².